The lowest BCUT2D eigenvalue weighted by Crippen LogP contribution is -2.22. The number of ether oxygens (including phenoxy) is 1. The topological polar surface area (TPSA) is 29.5 Å². The third-order valence-corrected chi connectivity index (χ3v) is 3.54. The van der Waals surface area contributed by atoms with Crippen LogP contribution in [0, 0.1) is 12.8 Å². The molecular formula is C15H22O2. The molecule has 94 valence electrons. The van der Waals surface area contributed by atoms with Crippen molar-refractivity contribution in [2.75, 3.05) is 13.2 Å². The second-order valence-corrected chi connectivity index (χ2v) is 5.13. The van der Waals surface area contributed by atoms with E-state index in [4.69, 9.17) is 4.74 Å². The van der Waals surface area contributed by atoms with Crippen LogP contribution in [0.1, 0.15) is 30.4 Å². The molecule has 1 heterocycles. The summed E-state index contributed by atoms with van der Waals surface area (Å²) in [6.45, 7) is 3.81. The fourth-order valence-corrected chi connectivity index (χ4v) is 2.45. The molecule has 1 atom stereocenters. The Kier molecular flexibility index (Phi) is 4.57. The molecule has 0 amide bonds. The zero-order chi connectivity index (χ0) is 12.1. The summed E-state index contributed by atoms with van der Waals surface area (Å²) in [4.78, 5) is 0. The minimum Gasteiger partial charge on any atom is -0.393 e. The Morgan fingerprint density at radius 3 is 2.53 bits per heavy atom. The Bertz CT molecular complexity index is 325. The maximum absolute atomic E-state index is 10.1. The monoisotopic (exact) mass is 234 g/mol. The van der Waals surface area contributed by atoms with Gasteiger partial charge in [-0.2, -0.15) is 0 Å². The van der Waals surface area contributed by atoms with Crippen molar-refractivity contribution in [3.63, 3.8) is 0 Å². The van der Waals surface area contributed by atoms with E-state index in [0.29, 0.717) is 5.92 Å². The first-order chi connectivity index (χ1) is 8.24. The van der Waals surface area contributed by atoms with Crippen molar-refractivity contribution >= 4 is 0 Å². The van der Waals surface area contributed by atoms with Crippen LogP contribution in [0.4, 0.5) is 0 Å². The predicted molar refractivity (Wildman–Crippen MR) is 69.0 cm³/mol. The third kappa shape index (κ3) is 4.14. The average molecular weight is 234 g/mol. The standard InChI is InChI=1S/C15H22O2/c1-12-2-4-13(5-3-12)10-15(16)11-14-6-8-17-9-7-14/h2-5,14-16H,6-11H2,1H3. The summed E-state index contributed by atoms with van der Waals surface area (Å²) in [5.74, 6) is 0.643. The quantitative estimate of drug-likeness (QED) is 0.868. The van der Waals surface area contributed by atoms with E-state index in [1.54, 1.807) is 0 Å². The lowest BCUT2D eigenvalue weighted by atomic mass is 9.91. The number of aliphatic hydroxyl groups excluding tert-OH is 1. The summed E-state index contributed by atoms with van der Waals surface area (Å²) in [7, 11) is 0. The van der Waals surface area contributed by atoms with Gasteiger partial charge in [0.25, 0.3) is 0 Å². The van der Waals surface area contributed by atoms with E-state index in [1.165, 1.54) is 11.1 Å². The summed E-state index contributed by atoms with van der Waals surface area (Å²) in [6.07, 6.45) is 3.69. The fraction of sp³-hybridized carbons (Fsp3) is 0.600. The summed E-state index contributed by atoms with van der Waals surface area (Å²) < 4.78 is 5.33. The van der Waals surface area contributed by atoms with Gasteiger partial charge in [-0.15, -0.1) is 0 Å². The fourth-order valence-electron chi connectivity index (χ4n) is 2.45. The normalized spacial score (nSPS) is 19.2. The van der Waals surface area contributed by atoms with Crippen molar-refractivity contribution in [1.82, 2.24) is 0 Å². The largest absolute Gasteiger partial charge is 0.393 e. The smallest absolute Gasteiger partial charge is 0.0583 e. The Morgan fingerprint density at radius 2 is 1.88 bits per heavy atom. The van der Waals surface area contributed by atoms with Gasteiger partial charge in [0.15, 0.2) is 0 Å². The number of rotatable bonds is 4. The van der Waals surface area contributed by atoms with Gasteiger partial charge < -0.3 is 9.84 Å². The molecular weight excluding hydrogens is 212 g/mol. The van der Waals surface area contributed by atoms with E-state index in [0.717, 1.165) is 38.9 Å². The minimum absolute atomic E-state index is 0.208. The van der Waals surface area contributed by atoms with Crippen molar-refractivity contribution in [3.8, 4) is 0 Å². The molecule has 2 rings (SSSR count). The zero-order valence-electron chi connectivity index (χ0n) is 10.6. The van der Waals surface area contributed by atoms with Gasteiger partial charge >= 0.3 is 0 Å². The molecule has 1 aromatic rings. The third-order valence-electron chi connectivity index (χ3n) is 3.54. The van der Waals surface area contributed by atoms with Gasteiger partial charge in [0.05, 0.1) is 6.10 Å². The molecule has 0 radical (unpaired) electrons. The molecule has 1 saturated heterocycles. The number of hydrogen-bond donors (Lipinski definition) is 1. The van der Waals surface area contributed by atoms with Gasteiger partial charge in [-0.05, 0) is 44.1 Å². The molecule has 2 nitrogen and oxygen atoms in total. The van der Waals surface area contributed by atoms with Gasteiger partial charge in [0, 0.05) is 13.2 Å². The Labute approximate surface area is 104 Å². The first-order valence-corrected chi connectivity index (χ1v) is 6.55. The SMILES string of the molecule is Cc1ccc(CC(O)CC2CCOCC2)cc1. The second kappa shape index (κ2) is 6.18. The van der Waals surface area contributed by atoms with Gasteiger partial charge in [0.2, 0.25) is 0 Å². The van der Waals surface area contributed by atoms with E-state index in [1.807, 2.05) is 0 Å². The predicted octanol–water partition coefficient (Wildman–Crippen LogP) is 2.72. The lowest BCUT2D eigenvalue weighted by Gasteiger charge is -2.24. The maximum atomic E-state index is 10.1. The van der Waals surface area contributed by atoms with E-state index >= 15 is 0 Å². The van der Waals surface area contributed by atoms with Crippen molar-refractivity contribution in [2.24, 2.45) is 5.92 Å². The number of aliphatic hydroxyl groups is 1. The molecule has 1 N–H and O–H groups in total. The van der Waals surface area contributed by atoms with Crippen LogP contribution < -0.4 is 0 Å². The van der Waals surface area contributed by atoms with Gasteiger partial charge in [0.1, 0.15) is 0 Å². The molecule has 0 spiro atoms. The van der Waals surface area contributed by atoms with E-state index in [-0.39, 0.29) is 6.10 Å². The van der Waals surface area contributed by atoms with Crippen molar-refractivity contribution in [3.05, 3.63) is 35.4 Å². The highest BCUT2D eigenvalue weighted by atomic mass is 16.5. The number of hydrogen-bond acceptors (Lipinski definition) is 2. The summed E-state index contributed by atoms with van der Waals surface area (Å²) in [5, 5.41) is 10.1. The second-order valence-electron chi connectivity index (χ2n) is 5.13. The molecule has 1 unspecified atom stereocenters. The molecule has 17 heavy (non-hydrogen) atoms. The molecule has 0 aromatic heterocycles. The molecule has 1 fully saturated rings. The Hall–Kier alpha value is -0.860. The zero-order valence-corrected chi connectivity index (χ0v) is 10.6. The minimum atomic E-state index is -0.208. The van der Waals surface area contributed by atoms with Gasteiger partial charge in [-0.3, -0.25) is 0 Å². The summed E-state index contributed by atoms with van der Waals surface area (Å²) >= 11 is 0. The molecule has 1 aliphatic heterocycles. The van der Waals surface area contributed by atoms with Crippen LogP contribution in [-0.2, 0) is 11.2 Å². The van der Waals surface area contributed by atoms with Crippen molar-refractivity contribution in [1.29, 1.82) is 0 Å². The van der Waals surface area contributed by atoms with Crippen LogP contribution in [0.5, 0.6) is 0 Å². The molecule has 2 heteroatoms. The van der Waals surface area contributed by atoms with E-state index in [9.17, 15) is 5.11 Å². The maximum Gasteiger partial charge on any atom is 0.0583 e. The van der Waals surface area contributed by atoms with E-state index in [2.05, 4.69) is 31.2 Å². The highest BCUT2D eigenvalue weighted by Gasteiger charge is 2.17. The first kappa shape index (κ1) is 12.6. The number of benzene rings is 1. The molecule has 0 bridgehead atoms. The summed E-state index contributed by atoms with van der Waals surface area (Å²) in [6, 6.07) is 8.44. The molecule has 1 aromatic carbocycles. The Morgan fingerprint density at radius 1 is 1.24 bits per heavy atom. The molecule has 0 saturated carbocycles. The van der Waals surface area contributed by atoms with Gasteiger partial charge in [-0.25, -0.2) is 0 Å². The van der Waals surface area contributed by atoms with Crippen molar-refractivity contribution < 1.29 is 9.84 Å². The van der Waals surface area contributed by atoms with Crippen LogP contribution in [0.25, 0.3) is 0 Å². The lowest BCUT2D eigenvalue weighted by molar-refractivity contribution is 0.0439. The van der Waals surface area contributed by atoms with Gasteiger partial charge in [-0.1, -0.05) is 29.8 Å². The Balaban J connectivity index is 1.79. The molecule has 1 aliphatic rings. The average Bonchev–Trinajstić information content (AvgIpc) is 2.33. The van der Waals surface area contributed by atoms with Crippen LogP contribution in [0.15, 0.2) is 24.3 Å². The van der Waals surface area contributed by atoms with Crippen LogP contribution in [0.2, 0.25) is 0 Å². The van der Waals surface area contributed by atoms with Crippen LogP contribution >= 0.6 is 0 Å². The van der Waals surface area contributed by atoms with E-state index < -0.39 is 0 Å². The van der Waals surface area contributed by atoms with Crippen molar-refractivity contribution in [2.45, 2.75) is 38.7 Å². The molecule has 0 aliphatic carbocycles. The highest BCUT2D eigenvalue weighted by Crippen LogP contribution is 2.21. The van der Waals surface area contributed by atoms with Crippen LogP contribution in [0.3, 0.4) is 0 Å². The first-order valence-electron chi connectivity index (χ1n) is 6.55. The van der Waals surface area contributed by atoms with Crippen LogP contribution in [-0.4, -0.2) is 24.4 Å². The summed E-state index contributed by atoms with van der Waals surface area (Å²) in [5.41, 5.74) is 2.50. The number of aryl methyl sites for hydroxylation is 1. The highest BCUT2D eigenvalue weighted by molar-refractivity contribution is 5.21.